The topological polar surface area (TPSA) is 6.48 Å². The summed E-state index contributed by atoms with van der Waals surface area (Å²) in [5, 5.41) is 5.56. The first-order valence-electron chi connectivity index (χ1n) is 9.12. The molecule has 4 rings (SSSR count). The van der Waals surface area contributed by atoms with Crippen LogP contribution < -0.4 is 0 Å². The Morgan fingerprint density at radius 1 is 0.850 bits per heavy atom. The molecule has 3 unspecified atom stereocenters. The lowest BCUT2D eigenvalue weighted by Gasteiger charge is -2.51. The predicted octanol–water partition coefficient (Wildman–Crippen LogP) is 3.99. The van der Waals surface area contributed by atoms with Crippen LogP contribution in [0.3, 0.4) is 0 Å². The molecule has 0 spiro atoms. The first-order chi connectivity index (χ1) is 9.92. The Labute approximate surface area is 124 Å². The molecule has 0 amide bonds. The molecule has 1 saturated carbocycles. The van der Waals surface area contributed by atoms with Crippen LogP contribution in [0, 0.1) is 11.8 Å². The third-order valence-corrected chi connectivity index (χ3v) is 6.37. The van der Waals surface area contributed by atoms with Gasteiger partial charge in [0.05, 0.1) is 0 Å². The third-order valence-electron chi connectivity index (χ3n) is 6.37. The van der Waals surface area contributed by atoms with Crippen LogP contribution >= 0.6 is 0 Å². The molecule has 2 aliphatic heterocycles. The number of hydrogen-bond donors (Lipinski definition) is 0. The molecule has 0 bridgehead atoms. The Morgan fingerprint density at radius 3 is 2.75 bits per heavy atom. The summed E-state index contributed by atoms with van der Waals surface area (Å²) in [5.74, 6) is 1.95. The van der Waals surface area contributed by atoms with Gasteiger partial charge in [-0.25, -0.2) is 10.0 Å². The number of nitrogens with zero attached hydrogens (tertiary/aromatic N) is 2. The number of rotatable bonds is 1. The van der Waals surface area contributed by atoms with E-state index in [1.165, 1.54) is 83.8 Å². The molecule has 0 aromatic carbocycles. The van der Waals surface area contributed by atoms with Gasteiger partial charge in [-0.2, -0.15) is 0 Å². The van der Waals surface area contributed by atoms with E-state index in [1.54, 1.807) is 5.57 Å². The summed E-state index contributed by atoms with van der Waals surface area (Å²) in [6.45, 7) is 3.91. The first kappa shape index (κ1) is 13.3. The maximum atomic E-state index is 2.82. The van der Waals surface area contributed by atoms with Crippen molar-refractivity contribution < 1.29 is 0 Å². The van der Waals surface area contributed by atoms with Crippen LogP contribution in [0.4, 0.5) is 0 Å². The molecule has 2 nitrogen and oxygen atoms in total. The first-order valence-corrected chi connectivity index (χ1v) is 9.12. The summed E-state index contributed by atoms with van der Waals surface area (Å²) < 4.78 is 0. The highest BCUT2D eigenvalue weighted by atomic mass is 15.6. The molecule has 2 saturated heterocycles. The van der Waals surface area contributed by atoms with E-state index in [1.807, 2.05) is 0 Å². The molecule has 20 heavy (non-hydrogen) atoms. The van der Waals surface area contributed by atoms with Gasteiger partial charge in [0.1, 0.15) is 0 Å². The van der Waals surface area contributed by atoms with Crippen molar-refractivity contribution >= 4 is 0 Å². The Morgan fingerprint density at radius 2 is 1.75 bits per heavy atom. The number of allylic oxidation sites excluding steroid dienone is 1. The minimum atomic E-state index is 0.887. The molecule has 2 heteroatoms. The van der Waals surface area contributed by atoms with Crippen LogP contribution in [0.2, 0.25) is 0 Å². The zero-order chi connectivity index (χ0) is 13.4. The van der Waals surface area contributed by atoms with Crippen LogP contribution in [-0.2, 0) is 0 Å². The van der Waals surface area contributed by atoms with Crippen molar-refractivity contribution in [1.29, 1.82) is 0 Å². The quantitative estimate of drug-likeness (QED) is 0.667. The fourth-order valence-corrected chi connectivity index (χ4v) is 5.29. The van der Waals surface area contributed by atoms with E-state index in [9.17, 15) is 0 Å². The standard InChI is InChI=1S/C18H30N2/c1-2-8-17-14-19(13-11-15(17)6-1)20-12-5-9-16-7-3-4-10-18(16)20/h8,15-16,18H,1-7,9-14H2. The summed E-state index contributed by atoms with van der Waals surface area (Å²) in [6.07, 6.45) is 17.1. The van der Waals surface area contributed by atoms with E-state index in [2.05, 4.69) is 16.1 Å². The lowest BCUT2D eigenvalue weighted by atomic mass is 9.78. The smallest absolute Gasteiger partial charge is 0.0346 e. The maximum absolute atomic E-state index is 2.82. The van der Waals surface area contributed by atoms with Gasteiger partial charge in [0.25, 0.3) is 0 Å². The largest absolute Gasteiger partial charge is 0.238 e. The zero-order valence-corrected chi connectivity index (χ0v) is 12.9. The predicted molar refractivity (Wildman–Crippen MR) is 83.3 cm³/mol. The molecular weight excluding hydrogens is 244 g/mol. The van der Waals surface area contributed by atoms with E-state index < -0.39 is 0 Å². The van der Waals surface area contributed by atoms with Crippen molar-refractivity contribution in [2.24, 2.45) is 11.8 Å². The minimum Gasteiger partial charge on any atom is -0.238 e. The van der Waals surface area contributed by atoms with Gasteiger partial charge in [0, 0.05) is 25.7 Å². The SMILES string of the molecule is C1=C2CN(N3CCCC4CCCCC43)CCC2CCC1. The van der Waals surface area contributed by atoms with Gasteiger partial charge in [-0.15, -0.1) is 0 Å². The molecular formula is C18H30N2. The van der Waals surface area contributed by atoms with Gasteiger partial charge in [-0.3, -0.25) is 0 Å². The molecule has 0 N–H and O–H groups in total. The van der Waals surface area contributed by atoms with E-state index in [4.69, 9.17) is 0 Å². The van der Waals surface area contributed by atoms with Gasteiger partial charge in [-0.05, 0) is 63.2 Å². The van der Waals surface area contributed by atoms with Crippen LogP contribution in [0.25, 0.3) is 0 Å². The molecule has 2 heterocycles. The normalized spacial score (nSPS) is 39.8. The van der Waals surface area contributed by atoms with Crippen LogP contribution in [0.1, 0.15) is 64.2 Å². The monoisotopic (exact) mass is 274 g/mol. The van der Waals surface area contributed by atoms with Gasteiger partial charge >= 0.3 is 0 Å². The highest BCUT2D eigenvalue weighted by Gasteiger charge is 2.38. The highest BCUT2D eigenvalue weighted by Crippen LogP contribution is 2.38. The second-order valence-electron chi connectivity index (χ2n) is 7.50. The Hall–Kier alpha value is -0.340. The Kier molecular flexibility index (Phi) is 3.87. The second-order valence-corrected chi connectivity index (χ2v) is 7.50. The summed E-state index contributed by atoms with van der Waals surface area (Å²) in [5.41, 5.74) is 1.78. The number of fused-ring (bicyclic) bond motifs is 2. The van der Waals surface area contributed by atoms with E-state index >= 15 is 0 Å². The van der Waals surface area contributed by atoms with E-state index in [0.29, 0.717) is 0 Å². The fourth-order valence-electron chi connectivity index (χ4n) is 5.29. The molecule has 4 aliphatic rings. The minimum absolute atomic E-state index is 0.887. The van der Waals surface area contributed by atoms with E-state index in [0.717, 1.165) is 17.9 Å². The van der Waals surface area contributed by atoms with Crippen molar-refractivity contribution in [3.63, 3.8) is 0 Å². The summed E-state index contributed by atoms with van der Waals surface area (Å²) in [4.78, 5) is 0. The lowest BCUT2D eigenvalue weighted by molar-refractivity contribution is -0.113. The van der Waals surface area contributed by atoms with Crippen LogP contribution in [-0.4, -0.2) is 35.7 Å². The number of hydrogen-bond acceptors (Lipinski definition) is 2. The highest BCUT2D eigenvalue weighted by molar-refractivity contribution is 5.14. The third kappa shape index (κ3) is 2.46. The van der Waals surface area contributed by atoms with Crippen LogP contribution in [0.5, 0.6) is 0 Å². The molecule has 0 radical (unpaired) electrons. The van der Waals surface area contributed by atoms with Crippen molar-refractivity contribution in [1.82, 2.24) is 10.0 Å². The second kappa shape index (κ2) is 5.81. The zero-order valence-electron chi connectivity index (χ0n) is 12.9. The Balaban J connectivity index is 1.47. The summed E-state index contributed by atoms with van der Waals surface area (Å²) >= 11 is 0. The Bertz CT molecular complexity index is 374. The maximum Gasteiger partial charge on any atom is 0.0346 e. The van der Waals surface area contributed by atoms with Gasteiger partial charge in [0.15, 0.2) is 0 Å². The van der Waals surface area contributed by atoms with Gasteiger partial charge < -0.3 is 0 Å². The van der Waals surface area contributed by atoms with Crippen molar-refractivity contribution in [2.45, 2.75) is 70.3 Å². The van der Waals surface area contributed by atoms with Crippen molar-refractivity contribution in [2.75, 3.05) is 19.6 Å². The molecule has 0 aromatic heterocycles. The van der Waals surface area contributed by atoms with Crippen molar-refractivity contribution in [3.8, 4) is 0 Å². The fraction of sp³-hybridized carbons (Fsp3) is 0.889. The van der Waals surface area contributed by atoms with Crippen LogP contribution in [0.15, 0.2) is 11.6 Å². The van der Waals surface area contributed by atoms with Gasteiger partial charge in [-0.1, -0.05) is 24.5 Å². The molecule has 0 aromatic rings. The molecule has 3 fully saturated rings. The average molecular weight is 274 g/mol. The summed E-state index contributed by atoms with van der Waals surface area (Å²) in [6, 6.07) is 0.887. The lowest BCUT2D eigenvalue weighted by Crippen LogP contribution is -2.57. The molecule has 112 valence electrons. The van der Waals surface area contributed by atoms with Crippen molar-refractivity contribution in [3.05, 3.63) is 11.6 Å². The van der Waals surface area contributed by atoms with Gasteiger partial charge in [0.2, 0.25) is 0 Å². The number of piperidine rings is 2. The summed E-state index contributed by atoms with van der Waals surface area (Å²) in [7, 11) is 0. The average Bonchev–Trinajstić information content (AvgIpc) is 2.54. The van der Waals surface area contributed by atoms with E-state index in [-0.39, 0.29) is 0 Å². The molecule has 2 aliphatic carbocycles. The molecule has 3 atom stereocenters. The number of hydrazine groups is 1.